The van der Waals surface area contributed by atoms with Gasteiger partial charge in [0.05, 0.1) is 6.10 Å². The number of aliphatic hydroxyl groups is 1. The third-order valence-electron chi connectivity index (χ3n) is 3.46. The number of nitrogen functional groups attached to an aromatic ring is 1. The molecular formula is C13H22N4O. The van der Waals surface area contributed by atoms with Crippen LogP contribution in [0.25, 0.3) is 0 Å². The Kier molecular flexibility index (Phi) is 3.71. The summed E-state index contributed by atoms with van der Waals surface area (Å²) in [4.78, 5) is 11.2. The SMILES string of the molecule is Cc1c(N)nc(C(C)C)nc1N1CCC(O)CC1. The highest BCUT2D eigenvalue weighted by Gasteiger charge is 2.21. The minimum atomic E-state index is -0.176. The zero-order valence-corrected chi connectivity index (χ0v) is 11.3. The summed E-state index contributed by atoms with van der Waals surface area (Å²) in [5.41, 5.74) is 6.91. The average Bonchev–Trinajstić information content (AvgIpc) is 2.33. The number of rotatable bonds is 2. The minimum Gasteiger partial charge on any atom is -0.393 e. The Bertz CT molecular complexity index is 425. The van der Waals surface area contributed by atoms with Gasteiger partial charge in [-0.15, -0.1) is 0 Å². The third-order valence-corrected chi connectivity index (χ3v) is 3.46. The largest absolute Gasteiger partial charge is 0.393 e. The molecule has 0 saturated carbocycles. The van der Waals surface area contributed by atoms with Gasteiger partial charge in [0, 0.05) is 24.6 Å². The predicted octanol–water partition coefficient (Wildman–Crippen LogP) is 1.45. The first-order chi connectivity index (χ1) is 8.49. The van der Waals surface area contributed by atoms with Crippen molar-refractivity contribution in [1.29, 1.82) is 0 Å². The topological polar surface area (TPSA) is 75.3 Å². The number of nitrogens with two attached hydrogens (primary N) is 1. The molecule has 1 aliphatic heterocycles. The highest BCUT2D eigenvalue weighted by Crippen LogP contribution is 2.26. The standard InChI is InChI=1S/C13H22N4O/c1-8(2)12-15-11(14)9(3)13(16-12)17-6-4-10(18)5-7-17/h8,10,18H,4-7H2,1-3H3,(H2,14,15,16). The van der Waals surface area contributed by atoms with Gasteiger partial charge in [-0.3, -0.25) is 0 Å². The van der Waals surface area contributed by atoms with E-state index in [1.807, 2.05) is 6.92 Å². The van der Waals surface area contributed by atoms with Crippen molar-refractivity contribution in [3.05, 3.63) is 11.4 Å². The summed E-state index contributed by atoms with van der Waals surface area (Å²) < 4.78 is 0. The van der Waals surface area contributed by atoms with Crippen LogP contribution in [-0.2, 0) is 0 Å². The van der Waals surface area contributed by atoms with E-state index < -0.39 is 0 Å². The van der Waals surface area contributed by atoms with E-state index in [1.54, 1.807) is 0 Å². The van der Waals surface area contributed by atoms with Crippen molar-refractivity contribution >= 4 is 11.6 Å². The number of hydrogen-bond acceptors (Lipinski definition) is 5. The van der Waals surface area contributed by atoms with E-state index in [0.29, 0.717) is 5.82 Å². The van der Waals surface area contributed by atoms with Crippen molar-refractivity contribution < 1.29 is 5.11 Å². The molecule has 1 fully saturated rings. The average molecular weight is 250 g/mol. The maximum Gasteiger partial charge on any atom is 0.137 e. The fraction of sp³-hybridized carbons (Fsp3) is 0.692. The molecule has 2 rings (SSSR count). The molecule has 0 spiro atoms. The van der Waals surface area contributed by atoms with E-state index in [-0.39, 0.29) is 12.0 Å². The first-order valence-corrected chi connectivity index (χ1v) is 6.56. The van der Waals surface area contributed by atoms with Crippen LogP contribution in [0.3, 0.4) is 0 Å². The van der Waals surface area contributed by atoms with Crippen molar-refractivity contribution in [3.8, 4) is 0 Å². The predicted molar refractivity (Wildman–Crippen MR) is 72.7 cm³/mol. The smallest absolute Gasteiger partial charge is 0.137 e. The molecule has 0 bridgehead atoms. The summed E-state index contributed by atoms with van der Waals surface area (Å²) in [6.45, 7) is 7.74. The lowest BCUT2D eigenvalue weighted by Crippen LogP contribution is -2.37. The minimum absolute atomic E-state index is 0.176. The molecule has 3 N–H and O–H groups in total. The van der Waals surface area contributed by atoms with Crippen molar-refractivity contribution in [2.75, 3.05) is 23.7 Å². The van der Waals surface area contributed by atoms with E-state index >= 15 is 0 Å². The van der Waals surface area contributed by atoms with Gasteiger partial charge in [0.2, 0.25) is 0 Å². The number of hydrogen-bond donors (Lipinski definition) is 2. The lowest BCUT2D eigenvalue weighted by atomic mass is 10.1. The van der Waals surface area contributed by atoms with E-state index in [2.05, 4.69) is 28.7 Å². The number of piperidine rings is 1. The normalized spacial score (nSPS) is 17.5. The van der Waals surface area contributed by atoms with Gasteiger partial charge in [-0.05, 0) is 19.8 Å². The molecule has 100 valence electrons. The zero-order valence-electron chi connectivity index (χ0n) is 11.3. The Morgan fingerprint density at radius 2 is 1.89 bits per heavy atom. The van der Waals surface area contributed by atoms with Crippen LogP contribution in [0, 0.1) is 6.92 Å². The van der Waals surface area contributed by atoms with E-state index in [1.165, 1.54) is 0 Å². The second-order valence-electron chi connectivity index (χ2n) is 5.29. The number of anilines is 2. The van der Waals surface area contributed by atoms with E-state index in [0.717, 1.165) is 43.1 Å². The summed E-state index contributed by atoms with van der Waals surface area (Å²) in [5, 5.41) is 9.56. The van der Waals surface area contributed by atoms with Gasteiger partial charge in [-0.2, -0.15) is 0 Å². The zero-order chi connectivity index (χ0) is 13.3. The molecule has 5 nitrogen and oxygen atoms in total. The number of aliphatic hydroxyl groups excluding tert-OH is 1. The van der Waals surface area contributed by atoms with Gasteiger partial charge in [-0.1, -0.05) is 13.8 Å². The van der Waals surface area contributed by atoms with Gasteiger partial charge < -0.3 is 15.7 Å². The molecule has 18 heavy (non-hydrogen) atoms. The third kappa shape index (κ3) is 2.56. The molecule has 0 aliphatic carbocycles. The molecule has 1 saturated heterocycles. The first kappa shape index (κ1) is 13.1. The van der Waals surface area contributed by atoms with E-state index in [4.69, 9.17) is 5.73 Å². The summed E-state index contributed by atoms with van der Waals surface area (Å²) in [5.74, 6) is 2.55. The molecule has 0 aromatic carbocycles. The van der Waals surface area contributed by atoms with Crippen LogP contribution in [0.1, 0.15) is 44.0 Å². The van der Waals surface area contributed by atoms with Gasteiger partial charge in [0.15, 0.2) is 0 Å². The van der Waals surface area contributed by atoms with Crippen LogP contribution in [0.5, 0.6) is 0 Å². The molecule has 0 unspecified atom stereocenters. The molecule has 1 aromatic rings. The Morgan fingerprint density at radius 1 is 1.28 bits per heavy atom. The van der Waals surface area contributed by atoms with E-state index in [9.17, 15) is 5.11 Å². The molecule has 0 amide bonds. The molecule has 1 aliphatic rings. The van der Waals surface area contributed by atoms with Crippen molar-refractivity contribution in [2.24, 2.45) is 0 Å². The Morgan fingerprint density at radius 3 is 2.44 bits per heavy atom. The van der Waals surface area contributed by atoms with Crippen LogP contribution in [0.2, 0.25) is 0 Å². The molecule has 0 atom stereocenters. The van der Waals surface area contributed by atoms with Gasteiger partial charge >= 0.3 is 0 Å². The van der Waals surface area contributed by atoms with Gasteiger partial charge in [-0.25, -0.2) is 9.97 Å². The van der Waals surface area contributed by atoms with Crippen molar-refractivity contribution in [2.45, 2.75) is 45.6 Å². The quantitative estimate of drug-likeness (QED) is 0.831. The lowest BCUT2D eigenvalue weighted by molar-refractivity contribution is 0.145. The summed E-state index contributed by atoms with van der Waals surface area (Å²) in [6, 6.07) is 0. The number of nitrogens with zero attached hydrogens (tertiary/aromatic N) is 3. The molecule has 5 heteroatoms. The van der Waals surface area contributed by atoms with Gasteiger partial charge in [0.1, 0.15) is 17.5 Å². The number of aromatic nitrogens is 2. The monoisotopic (exact) mass is 250 g/mol. The Labute approximate surface area is 108 Å². The highest BCUT2D eigenvalue weighted by molar-refractivity contribution is 5.56. The van der Waals surface area contributed by atoms with Crippen LogP contribution >= 0.6 is 0 Å². The maximum absolute atomic E-state index is 9.56. The second-order valence-corrected chi connectivity index (χ2v) is 5.29. The highest BCUT2D eigenvalue weighted by atomic mass is 16.3. The van der Waals surface area contributed by atoms with Crippen LogP contribution in [-0.4, -0.2) is 34.3 Å². The summed E-state index contributed by atoms with van der Waals surface area (Å²) >= 11 is 0. The molecule has 0 radical (unpaired) electrons. The Balaban J connectivity index is 2.31. The molecule has 1 aromatic heterocycles. The fourth-order valence-electron chi connectivity index (χ4n) is 2.18. The second kappa shape index (κ2) is 5.10. The maximum atomic E-state index is 9.56. The summed E-state index contributed by atoms with van der Waals surface area (Å²) in [6.07, 6.45) is 1.41. The van der Waals surface area contributed by atoms with Crippen molar-refractivity contribution in [1.82, 2.24) is 9.97 Å². The van der Waals surface area contributed by atoms with Crippen LogP contribution in [0.4, 0.5) is 11.6 Å². The molecule has 2 heterocycles. The van der Waals surface area contributed by atoms with Crippen molar-refractivity contribution in [3.63, 3.8) is 0 Å². The van der Waals surface area contributed by atoms with Crippen LogP contribution < -0.4 is 10.6 Å². The van der Waals surface area contributed by atoms with Gasteiger partial charge in [0.25, 0.3) is 0 Å². The Hall–Kier alpha value is -1.36. The first-order valence-electron chi connectivity index (χ1n) is 6.56. The fourth-order valence-corrected chi connectivity index (χ4v) is 2.18. The molecular weight excluding hydrogens is 228 g/mol. The van der Waals surface area contributed by atoms with Crippen LogP contribution in [0.15, 0.2) is 0 Å². The lowest BCUT2D eigenvalue weighted by Gasteiger charge is -2.32. The summed E-state index contributed by atoms with van der Waals surface area (Å²) in [7, 11) is 0.